The van der Waals surface area contributed by atoms with Gasteiger partial charge in [-0.15, -0.1) is 0 Å². The van der Waals surface area contributed by atoms with Crippen LogP contribution in [0.5, 0.6) is 0 Å². The van der Waals surface area contributed by atoms with Crippen molar-refractivity contribution < 1.29 is 4.79 Å². The molecule has 0 bridgehead atoms. The first-order valence-corrected chi connectivity index (χ1v) is 10.6. The molecule has 0 spiro atoms. The van der Waals surface area contributed by atoms with E-state index in [0.717, 1.165) is 33.8 Å². The number of rotatable bonds is 5. The summed E-state index contributed by atoms with van der Waals surface area (Å²) in [6, 6.07) is 27.5. The largest absolute Gasteiger partial charge is 0.353 e. The van der Waals surface area contributed by atoms with Gasteiger partial charge >= 0.3 is 0 Å². The molecule has 2 aromatic heterocycles. The predicted octanol–water partition coefficient (Wildman–Crippen LogP) is 6.01. The van der Waals surface area contributed by atoms with Crippen LogP contribution in [0.3, 0.4) is 0 Å². The van der Waals surface area contributed by atoms with Gasteiger partial charge in [0, 0.05) is 28.4 Å². The van der Waals surface area contributed by atoms with Crippen molar-refractivity contribution in [1.29, 1.82) is 0 Å². The van der Waals surface area contributed by atoms with Crippen LogP contribution in [0.25, 0.3) is 33.1 Å². The molecule has 0 unspecified atom stereocenters. The van der Waals surface area contributed by atoms with Crippen LogP contribution in [0, 0.1) is 0 Å². The summed E-state index contributed by atoms with van der Waals surface area (Å²) in [6.45, 7) is 0.540. The van der Waals surface area contributed by atoms with Gasteiger partial charge in [0.15, 0.2) is 0 Å². The Kier molecular flexibility index (Phi) is 5.14. The highest BCUT2D eigenvalue weighted by Gasteiger charge is 2.18. The highest BCUT2D eigenvalue weighted by molar-refractivity contribution is 6.33. The maximum absolute atomic E-state index is 13.0. The third-order valence-corrected chi connectivity index (χ3v) is 5.73. The Morgan fingerprint density at radius 3 is 2.48 bits per heavy atom. The average Bonchev–Trinajstić information content (AvgIpc) is 3.18. The summed E-state index contributed by atoms with van der Waals surface area (Å²) in [5.74, 6) is -0.198. The van der Waals surface area contributed by atoms with Crippen LogP contribution >= 0.6 is 11.6 Å². The lowest BCUT2D eigenvalue weighted by molar-refractivity contribution is 0.0949. The molecule has 2 N–H and O–H groups in total. The molecule has 152 valence electrons. The minimum atomic E-state index is -0.198. The summed E-state index contributed by atoms with van der Waals surface area (Å²) in [7, 11) is 0. The van der Waals surface area contributed by atoms with E-state index >= 15 is 0 Å². The van der Waals surface area contributed by atoms with Gasteiger partial charge < -0.3 is 10.3 Å². The summed E-state index contributed by atoms with van der Waals surface area (Å²) in [4.78, 5) is 21.2. The molecule has 0 aliphatic heterocycles. The highest BCUT2D eigenvalue weighted by Crippen LogP contribution is 2.35. The summed E-state index contributed by atoms with van der Waals surface area (Å²) in [5.41, 5.74) is 4.89. The second-order valence-corrected chi connectivity index (χ2v) is 7.83. The lowest BCUT2D eigenvalue weighted by atomic mass is 10.1. The number of carbonyl (C=O) groups is 1. The van der Waals surface area contributed by atoms with Gasteiger partial charge in [0.2, 0.25) is 0 Å². The van der Waals surface area contributed by atoms with Crippen LogP contribution in [0.2, 0.25) is 5.02 Å². The van der Waals surface area contributed by atoms with Crippen molar-refractivity contribution in [1.82, 2.24) is 15.3 Å². The van der Waals surface area contributed by atoms with E-state index in [4.69, 9.17) is 16.6 Å². The van der Waals surface area contributed by atoms with E-state index in [1.807, 2.05) is 72.8 Å². The third-order valence-electron chi connectivity index (χ3n) is 5.40. The van der Waals surface area contributed by atoms with E-state index in [0.29, 0.717) is 23.0 Å². The maximum Gasteiger partial charge on any atom is 0.269 e. The molecule has 5 rings (SSSR count). The topological polar surface area (TPSA) is 57.8 Å². The molecular weight excluding hydrogens is 406 g/mol. The van der Waals surface area contributed by atoms with Crippen LogP contribution in [-0.4, -0.2) is 22.4 Å². The van der Waals surface area contributed by atoms with E-state index in [1.165, 1.54) is 5.56 Å². The van der Waals surface area contributed by atoms with Crippen molar-refractivity contribution in [3.05, 3.63) is 101 Å². The predicted molar refractivity (Wildman–Crippen MR) is 127 cm³/mol. The van der Waals surface area contributed by atoms with Crippen LogP contribution in [0.15, 0.2) is 84.9 Å². The second kappa shape index (κ2) is 8.25. The second-order valence-electron chi connectivity index (χ2n) is 7.42. The molecule has 2 heterocycles. The Hall–Kier alpha value is -3.63. The maximum atomic E-state index is 13.0. The molecule has 4 nitrogen and oxygen atoms in total. The SMILES string of the molecule is O=C(NCCc1ccccc1)c1cc2c([nH]c3ccccc32)c(-c2ccccc2Cl)n1. The molecule has 0 saturated carbocycles. The van der Waals surface area contributed by atoms with Gasteiger partial charge in [-0.25, -0.2) is 4.98 Å². The number of para-hydroxylation sites is 1. The van der Waals surface area contributed by atoms with Gasteiger partial charge in [0.1, 0.15) is 5.69 Å². The number of hydrogen-bond donors (Lipinski definition) is 2. The first-order valence-electron chi connectivity index (χ1n) is 10.2. The summed E-state index contributed by atoms with van der Waals surface area (Å²) in [6.07, 6.45) is 0.763. The minimum absolute atomic E-state index is 0.198. The Balaban J connectivity index is 1.56. The zero-order chi connectivity index (χ0) is 21.2. The van der Waals surface area contributed by atoms with Crippen molar-refractivity contribution in [2.45, 2.75) is 6.42 Å². The van der Waals surface area contributed by atoms with E-state index in [-0.39, 0.29) is 5.91 Å². The average molecular weight is 426 g/mol. The van der Waals surface area contributed by atoms with Crippen LogP contribution in [0.1, 0.15) is 16.1 Å². The molecule has 0 aliphatic carbocycles. The Morgan fingerprint density at radius 1 is 0.903 bits per heavy atom. The Bertz CT molecular complexity index is 1390. The Labute approximate surface area is 184 Å². The smallest absolute Gasteiger partial charge is 0.269 e. The number of nitrogens with zero attached hydrogens (tertiary/aromatic N) is 1. The molecule has 31 heavy (non-hydrogen) atoms. The molecule has 0 fully saturated rings. The van der Waals surface area contributed by atoms with Crippen molar-refractivity contribution >= 4 is 39.3 Å². The summed E-state index contributed by atoms with van der Waals surface area (Å²) >= 11 is 6.49. The molecule has 5 aromatic rings. The summed E-state index contributed by atoms with van der Waals surface area (Å²) < 4.78 is 0. The van der Waals surface area contributed by atoms with E-state index in [1.54, 1.807) is 0 Å². The molecule has 1 amide bonds. The van der Waals surface area contributed by atoms with Crippen LogP contribution in [-0.2, 0) is 6.42 Å². The first-order chi connectivity index (χ1) is 15.2. The zero-order valence-corrected chi connectivity index (χ0v) is 17.5. The molecule has 0 saturated heterocycles. The fraction of sp³-hybridized carbons (Fsp3) is 0.0769. The minimum Gasteiger partial charge on any atom is -0.353 e. The number of amides is 1. The number of halogens is 1. The zero-order valence-electron chi connectivity index (χ0n) is 16.7. The molecular formula is C26H20ClN3O. The number of aromatic nitrogens is 2. The first kappa shape index (κ1) is 19.3. The number of carbonyl (C=O) groups excluding carboxylic acids is 1. The normalized spacial score (nSPS) is 11.1. The highest BCUT2D eigenvalue weighted by atomic mass is 35.5. The standard InChI is InChI=1S/C26H20ClN3O/c27-21-12-6-4-11-19(21)24-25-20(18-10-5-7-13-22(18)29-25)16-23(30-24)26(31)28-15-14-17-8-2-1-3-9-17/h1-13,16,29H,14-15H2,(H,28,31). The summed E-state index contributed by atoms with van der Waals surface area (Å²) in [5, 5.41) is 5.60. The van der Waals surface area contributed by atoms with Gasteiger partial charge in [-0.2, -0.15) is 0 Å². The van der Waals surface area contributed by atoms with Gasteiger partial charge in [0.05, 0.1) is 16.2 Å². The van der Waals surface area contributed by atoms with Crippen molar-refractivity contribution in [2.24, 2.45) is 0 Å². The lowest BCUT2D eigenvalue weighted by Gasteiger charge is -2.10. The number of hydrogen-bond acceptors (Lipinski definition) is 2. The number of pyridine rings is 1. The van der Waals surface area contributed by atoms with Crippen molar-refractivity contribution in [2.75, 3.05) is 6.54 Å². The number of fused-ring (bicyclic) bond motifs is 3. The van der Waals surface area contributed by atoms with Crippen molar-refractivity contribution in [3.8, 4) is 11.3 Å². The fourth-order valence-electron chi connectivity index (χ4n) is 3.87. The van der Waals surface area contributed by atoms with Gasteiger partial charge in [-0.3, -0.25) is 4.79 Å². The van der Waals surface area contributed by atoms with E-state index < -0.39 is 0 Å². The number of benzene rings is 3. The van der Waals surface area contributed by atoms with Crippen LogP contribution < -0.4 is 5.32 Å². The van der Waals surface area contributed by atoms with Gasteiger partial charge in [-0.1, -0.05) is 78.3 Å². The number of aromatic amines is 1. The Morgan fingerprint density at radius 2 is 1.65 bits per heavy atom. The molecule has 0 radical (unpaired) electrons. The quantitative estimate of drug-likeness (QED) is 0.362. The molecule has 0 aliphatic rings. The van der Waals surface area contributed by atoms with E-state index in [2.05, 4.69) is 22.4 Å². The lowest BCUT2D eigenvalue weighted by Crippen LogP contribution is -2.26. The molecule has 5 heteroatoms. The van der Waals surface area contributed by atoms with Crippen molar-refractivity contribution in [3.63, 3.8) is 0 Å². The molecule has 0 atom stereocenters. The number of H-pyrrole nitrogens is 1. The fourth-order valence-corrected chi connectivity index (χ4v) is 4.09. The third kappa shape index (κ3) is 3.78. The van der Waals surface area contributed by atoms with E-state index in [9.17, 15) is 4.79 Å². The molecule has 3 aromatic carbocycles. The van der Waals surface area contributed by atoms with Gasteiger partial charge in [-0.05, 0) is 30.2 Å². The van der Waals surface area contributed by atoms with Crippen LogP contribution in [0.4, 0.5) is 0 Å². The number of nitrogens with one attached hydrogen (secondary N) is 2. The van der Waals surface area contributed by atoms with Gasteiger partial charge in [0.25, 0.3) is 5.91 Å². The monoisotopic (exact) mass is 425 g/mol.